The molecule has 0 unspecified atom stereocenters. The van der Waals surface area contributed by atoms with Gasteiger partial charge in [-0.25, -0.2) is 0 Å². The van der Waals surface area contributed by atoms with Gasteiger partial charge in [0.05, 0.1) is 0 Å². The molecular formula is C23H24O3. The Balaban J connectivity index is 0.000000229. The summed E-state index contributed by atoms with van der Waals surface area (Å²) in [5, 5.41) is 28.2. The molecule has 2 aromatic carbocycles. The van der Waals surface area contributed by atoms with Gasteiger partial charge < -0.3 is 15.3 Å². The second-order valence-electron chi connectivity index (χ2n) is 6.90. The van der Waals surface area contributed by atoms with E-state index < -0.39 is 0 Å². The molecule has 2 aliphatic rings. The van der Waals surface area contributed by atoms with Crippen molar-refractivity contribution in [3.05, 3.63) is 75.8 Å². The van der Waals surface area contributed by atoms with Gasteiger partial charge in [-0.2, -0.15) is 0 Å². The maximum absolute atomic E-state index is 9.69. The highest BCUT2D eigenvalue weighted by atomic mass is 16.3. The van der Waals surface area contributed by atoms with Crippen LogP contribution in [0.3, 0.4) is 0 Å². The largest absolute Gasteiger partial charge is 0.508 e. The standard InChI is InChI=1S/C17H20O2.C6H4O/c1-10-12(3)16(18)7-5-14(10)9-15-6-8-17(19)13(4)11(15)2;7-6-2-1-4-3-5(4)6/h5-8,18-19H,9H2,1-4H3;1-3,7H. The fourth-order valence-corrected chi connectivity index (χ4v) is 3.05. The molecule has 2 aromatic rings. The molecule has 3 heteroatoms. The maximum atomic E-state index is 9.69. The fourth-order valence-electron chi connectivity index (χ4n) is 3.05. The van der Waals surface area contributed by atoms with Crippen molar-refractivity contribution in [3.8, 4) is 28.4 Å². The maximum Gasteiger partial charge on any atom is 0.123 e. The average Bonchev–Trinajstić information content (AvgIpc) is 3.33. The van der Waals surface area contributed by atoms with E-state index in [1.807, 2.05) is 52.0 Å². The highest BCUT2D eigenvalue weighted by Gasteiger charge is 2.15. The molecule has 0 aromatic heterocycles. The van der Waals surface area contributed by atoms with Crippen LogP contribution in [-0.2, 0) is 6.42 Å². The number of fused-ring (bicyclic) bond motifs is 1. The van der Waals surface area contributed by atoms with Crippen LogP contribution in [0.25, 0.3) is 11.1 Å². The van der Waals surface area contributed by atoms with Gasteiger partial charge in [-0.3, -0.25) is 0 Å². The van der Waals surface area contributed by atoms with Crippen molar-refractivity contribution >= 4 is 0 Å². The van der Waals surface area contributed by atoms with E-state index in [9.17, 15) is 10.2 Å². The second-order valence-corrected chi connectivity index (χ2v) is 6.90. The molecule has 3 N–H and O–H groups in total. The lowest BCUT2D eigenvalue weighted by molar-refractivity contribution is 0.470. The average molecular weight is 348 g/mol. The molecule has 0 atom stereocenters. The van der Waals surface area contributed by atoms with Crippen molar-refractivity contribution in [2.24, 2.45) is 0 Å². The van der Waals surface area contributed by atoms with E-state index >= 15 is 0 Å². The molecule has 0 saturated carbocycles. The van der Waals surface area contributed by atoms with Crippen LogP contribution >= 0.6 is 0 Å². The van der Waals surface area contributed by atoms with Gasteiger partial charge in [0.15, 0.2) is 0 Å². The number of hydrogen-bond donors (Lipinski definition) is 3. The van der Waals surface area contributed by atoms with Crippen LogP contribution in [0.5, 0.6) is 17.2 Å². The van der Waals surface area contributed by atoms with E-state index in [1.54, 1.807) is 18.2 Å². The molecule has 4 rings (SSSR count). The monoisotopic (exact) mass is 348 g/mol. The third kappa shape index (κ3) is 3.38. The molecule has 0 amide bonds. The van der Waals surface area contributed by atoms with E-state index in [2.05, 4.69) is 0 Å². The topological polar surface area (TPSA) is 60.7 Å². The van der Waals surface area contributed by atoms with Crippen molar-refractivity contribution in [2.45, 2.75) is 34.1 Å². The van der Waals surface area contributed by atoms with Crippen LogP contribution in [0.15, 0.2) is 42.5 Å². The quantitative estimate of drug-likeness (QED) is 0.461. The summed E-state index contributed by atoms with van der Waals surface area (Å²) in [6.45, 7) is 7.94. The summed E-state index contributed by atoms with van der Waals surface area (Å²) in [5.41, 5.74) is 8.77. The van der Waals surface area contributed by atoms with Gasteiger partial charge in [-0.1, -0.05) is 18.2 Å². The first-order valence-corrected chi connectivity index (χ1v) is 8.69. The third-order valence-electron chi connectivity index (χ3n) is 5.35. The zero-order chi connectivity index (χ0) is 19.0. The normalized spacial score (nSPS) is 10.9. The highest BCUT2D eigenvalue weighted by Crippen LogP contribution is 2.42. The minimum atomic E-state index is 0.347. The summed E-state index contributed by atoms with van der Waals surface area (Å²) in [5.74, 6) is 1.12. The molecule has 2 aliphatic carbocycles. The molecular weight excluding hydrogens is 324 g/mol. The summed E-state index contributed by atoms with van der Waals surface area (Å²) in [7, 11) is 0. The number of phenols is 3. The van der Waals surface area contributed by atoms with Crippen molar-refractivity contribution in [2.75, 3.05) is 0 Å². The van der Waals surface area contributed by atoms with Gasteiger partial charge in [-0.05, 0) is 97.3 Å². The first-order chi connectivity index (χ1) is 12.3. The molecule has 0 heterocycles. The van der Waals surface area contributed by atoms with Crippen LogP contribution in [0.1, 0.15) is 33.4 Å². The molecule has 134 valence electrons. The Morgan fingerprint density at radius 2 is 1.04 bits per heavy atom. The number of aromatic hydroxyl groups is 3. The Kier molecular flexibility index (Phi) is 4.64. The smallest absolute Gasteiger partial charge is 0.123 e. The minimum absolute atomic E-state index is 0.347. The van der Waals surface area contributed by atoms with Crippen molar-refractivity contribution in [3.63, 3.8) is 0 Å². The lowest BCUT2D eigenvalue weighted by Crippen LogP contribution is -1.98. The summed E-state index contributed by atoms with van der Waals surface area (Å²) >= 11 is 0. The number of hydrogen-bond acceptors (Lipinski definition) is 3. The predicted molar refractivity (Wildman–Crippen MR) is 105 cm³/mol. The highest BCUT2D eigenvalue weighted by molar-refractivity contribution is 5.86. The fraction of sp³-hybridized carbons (Fsp3) is 0.217. The minimum Gasteiger partial charge on any atom is -0.508 e. The van der Waals surface area contributed by atoms with Crippen molar-refractivity contribution < 1.29 is 15.3 Å². The van der Waals surface area contributed by atoms with Gasteiger partial charge >= 0.3 is 0 Å². The van der Waals surface area contributed by atoms with Gasteiger partial charge in [-0.15, -0.1) is 0 Å². The zero-order valence-corrected chi connectivity index (χ0v) is 15.6. The van der Waals surface area contributed by atoms with Crippen LogP contribution in [0, 0.1) is 27.7 Å². The van der Waals surface area contributed by atoms with E-state index in [-0.39, 0.29) is 0 Å². The lowest BCUT2D eigenvalue weighted by Gasteiger charge is -2.14. The van der Waals surface area contributed by atoms with Gasteiger partial charge in [0, 0.05) is 5.56 Å². The molecule has 26 heavy (non-hydrogen) atoms. The molecule has 0 radical (unpaired) electrons. The van der Waals surface area contributed by atoms with Crippen LogP contribution in [0.2, 0.25) is 0 Å². The first-order valence-electron chi connectivity index (χ1n) is 8.69. The third-order valence-corrected chi connectivity index (χ3v) is 5.35. The van der Waals surface area contributed by atoms with E-state index in [0.29, 0.717) is 17.2 Å². The Morgan fingerprint density at radius 3 is 1.35 bits per heavy atom. The van der Waals surface area contributed by atoms with Crippen LogP contribution in [-0.4, -0.2) is 15.3 Å². The predicted octanol–water partition coefficient (Wildman–Crippen LogP) is 5.29. The SMILES string of the molecule is Cc1c(O)ccc(Cc2ccc(O)c(C)c2C)c1C.Oc1ccc2cc1-2. The molecule has 0 aliphatic heterocycles. The number of phenolic OH excluding ortho intramolecular Hbond substituents is 3. The summed E-state index contributed by atoms with van der Waals surface area (Å²) in [6, 6.07) is 13.0. The Labute approximate surface area is 154 Å². The first kappa shape index (κ1) is 17.9. The van der Waals surface area contributed by atoms with Gasteiger partial charge in [0.2, 0.25) is 0 Å². The van der Waals surface area contributed by atoms with Gasteiger partial charge in [0.25, 0.3) is 0 Å². The van der Waals surface area contributed by atoms with E-state index in [1.165, 1.54) is 16.7 Å². The second kappa shape index (κ2) is 6.75. The zero-order valence-electron chi connectivity index (χ0n) is 15.6. The summed E-state index contributed by atoms with van der Waals surface area (Å²) in [6.07, 6.45) is 0.819. The molecule has 0 bridgehead atoms. The van der Waals surface area contributed by atoms with E-state index in [0.717, 1.165) is 34.2 Å². The summed E-state index contributed by atoms with van der Waals surface area (Å²) in [4.78, 5) is 0. The van der Waals surface area contributed by atoms with Crippen molar-refractivity contribution in [1.82, 2.24) is 0 Å². The molecule has 0 spiro atoms. The molecule has 0 saturated heterocycles. The number of rotatable bonds is 2. The lowest BCUT2D eigenvalue weighted by atomic mass is 9.93. The van der Waals surface area contributed by atoms with Gasteiger partial charge in [0.1, 0.15) is 17.2 Å². The van der Waals surface area contributed by atoms with Crippen molar-refractivity contribution in [1.29, 1.82) is 0 Å². The Hall–Kier alpha value is -2.94. The van der Waals surface area contributed by atoms with E-state index in [4.69, 9.17) is 5.11 Å². The van der Waals surface area contributed by atoms with Crippen LogP contribution < -0.4 is 0 Å². The summed E-state index contributed by atoms with van der Waals surface area (Å²) < 4.78 is 0. The van der Waals surface area contributed by atoms with Crippen LogP contribution in [0.4, 0.5) is 0 Å². The Bertz CT molecular complexity index is 932. The Morgan fingerprint density at radius 1 is 0.577 bits per heavy atom. The molecule has 3 nitrogen and oxygen atoms in total. The number of benzene rings is 3. The molecule has 0 fully saturated rings.